The number of nitrogens with one attached hydrogen (secondary N) is 2. The molecule has 2 N–H and O–H groups in total. The van der Waals surface area contributed by atoms with Crippen LogP contribution in [0.5, 0.6) is 0 Å². The summed E-state index contributed by atoms with van der Waals surface area (Å²) in [4.78, 5) is 24.8. The summed E-state index contributed by atoms with van der Waals surface area (Å²) in [6.45, 7) is 7.47. The van der Waals surface area contributed by atoms with E-state index in [0.29, 0.717) is 11.6 Å². The molecule has 3 aromatic rings. The molecule has 0 bridgehead atoms. The Bertz CT molecular complexity index is 1280. The quantitative estimate of drug-likeness (QED) is 0.235. The first-order valence-corrected chi connectivity index (χ1v) is 12.4. The van der Waals surface area contributed by atoms with Crippen molar-refractivity contribution in [1.29, 1.82) is 0 Å². The van der Waals surface area contributed by atoms with Crippen molar-refractivity contribution in [2.75, 3.05) is 6.54 Å². The van der Waals surface area contributed by atoms with Crippen molar-refractivity contribution < 1.29 is 14.3 Å². The van der Waals surface area contributed by atoms with Crippen molar-refractivity contribution in [2.24, 2.45) is 10.2 Å². The molecule has 190 valence electrons. The number of nitrogens with zero attached hydrogens (tertiary/aromatic N) is 2. The summed E-state index contributed by atoms with van der Waals surface area (Å²) in [5.41, 5.74) is 5.67. The van der Waals surface area contributed by atoms with Gasteiger partial charge in [0.15, 0.2) is 0 Å². The van der Waals surface area contributed by atoms with Gasteiger partial charge in [-0.3, -0.25) is 9.59 Å². The Hall–Kier alpha value is -4.26. The molecule has 4 rings (SSSR count). The molecule has 0 heterocycles. The first-order valence-electron chi connectivity index (χ1n) is 12.4. The van der Waals surface area contributed by atoms with Gasteiger partial charge >= 0.3 is 0 Å². The maximum Gasteiger partial charge on any atom is 0.251 e. The Morgan fingerprint density at radius 1 is 1.05 bits per heavy atom. The van der Waals surface area contributed by atoms with E-state index in [-0.39, 0.29) is 36.8 Å². The van der Waals surface area contributed by atoms with E-state index < -0.39 is 0 Å². The zero-order chi connectivity index (χ0) is 26.2. The van der Waals surface area contributed by atoms with Crippen LogP contribution in [-0.2, 0) is 16.0 Å². The fourth-order valence-corrected chi connectivity index (χ4v) is 3.97. The van der Waals surface area contributed by atoms with E-state index in [1.165, 1.54) is 0 Å². The lowest BCUT2D eigenvalue weighted by molar-refractivity contribution is -0.120. The number of hydrogen-bond donors (Lipinski definition) is 2. The summed E-state index contributed by atoms with van der Waals surface area (Å²) < 4.78 is 5.99. The zero-order valence-corrected chi connectivity index (χ0v) is 21.2. The third kappa shape index (κ3) is 7.36. The van der Waals surface area contributed by atoms with Crippen LogP contribution in [0.25, 0.3) is 11.1 Å². The van der Waals surface area contributed by atoms with Gasteiger partial charge in [0.2, 0.25) is 11.8 Å². The Balaban J connectivity index is 1.38. The SMILES string of the molecule is C=N/N=C(/CNC(=O)Cc1ccccc1)OC(C)c1ccc(-c2cc(C(=O)NC3CC3)ccc2C)cc1. The average Bonchev–Trinajstić information content (AvgIpc) is 3.72. The van der Waals surface area contributed by atoms with Gasteiger partial charge in [-0.1, -0.05) is 60.7 Å². The van der Waals surface area contributed by atoms with Crippen LogP contribution in [0, 0.1) is 6.92 Å². The second-order valence-electron chi connectivity index (χ2n) is 9.23. The van der Waals surface area contributed by atoms with Crippen LogP contribution in [0.3, 0.4) is 0 Å². The van der Waals surface area contributed by atoms with E-state index >= 15 is 0 Å². The van der Waals surface area contributed by atoms with Crippen LogP contribution in [0.4, 0.5) is 0 Å². The number of hydrogen-bond acceptors (Lipinski definition) is 5. The minimum absolute atomic E-state index is 0.0269. The smallest absolute Gasteiger partial charge is 0.251 e. The van der Waals surface area contributed by atoms with E-state index in [2.05, 4.69) is 27.6 Å². The highest BCUT2D eigenvalue weighted by Gasteiger charge is 2.24. The van der Waals surface area contributed by atoms with Crippen LogP contribution in [0.1, 0.15) is 52.9 Å². The van der Waals surface area contributed by atoms with E-state index in [4.69, 9.17) is 4.74 Å². The summed E-state index contributed by atoms with van der Waals surface area (Å²) in [6, 6.07) is 23.7. The first-order chi connectivity index (χ1) is 17.9. The monoisotopic (exact) mass is 496 g/mol. The number of benzene rings is 3. The van der Waals surface area contributed by atoms with Crippen LogP contribution in [0.2, 0.25) is 0 Å². The maximum absolute atomic E-state index is 12.5. The van der Waals surface area contributed by atoms with Crippen molar-refractivity contribution in [3.8, 4) is 11.1 Å². The summed E-state index contributed by atoms with van der Waals surface area (Å²) in [5.74, 6) is 0.117. The van der Waals surface area contributed by atoms with Gasteiger partial charge in [0.1, 0.15) is 6.10 Å². The van der Waals surface area contributed by atoms with Crippen molar-refractivity contribution in [3.63, 3.8) is 0 Å². The molecule has 0 aliphatic heterocycles. The molecular weight excluding hydrogens is 464 g/mol. The maximum atomic E-state index is 12.5. The van der Waals surface area contributed by atoms with E-state index in [1.807, 2.05) is 86.6 Å². The molecule has 1 unspecified atom stereocenters. The van der Waals surface area contributed by atoms with Gasteiger partial charge in [-0.2, -0.15) is 5.10 Å². The van der Waals surface area contributed by atoms with Crippen LogP contribution in [-0.4, -0.2) is 37.0 Å². The molecule has 0 saturated heterocycles. The molecule has 2 amide bonds. The Labute approximate surface area is 217 Å². The predicted octanol–water partition coefficient (Wildman–Crippen LogP) is 5.00. The Morgan fingerprint density at radius 2 is 1.78 bits per heavy atom. The largest absolute Gasteiger partial charge is 0.470 e. The number of carbonyl (C=O) groups excluding carboxylic acids is 2. The van der Waals surface area contributed by atoms with Crippen LogP contribution >= 0.6 is 0 Å². The summed E-state index contributed by atoms with van der Waals surface area (Å²) in [6.07, 6.45) is 2.07. The summed E-state index contributed by atoms with van der Waals surface area (Å²) in [7, 11) is 0. The molecule has 0 spiro atoms. The number of carbonyl (C=O) groups is 2. The molecule has 1 aliphatic carbocycles. The Kier molecular flexibility index (Phi) is 8.46. The molecule has 7 nitrogen and oxygen atoms in total. The van der Waals surface area contributed by atoms with Gasteiger partial charge in [0.25, 0.3) is 5.91 Å². The summed E-state index contributed by atoms with van der Waals surface area (Å²) >= 11 is 0. The number of ether oxygens (including phenoxy) is 1. The highest BCUT2D eigenvalue weighted by Crippen LogP contribution is 2.28. The first kappa shape index (κ1) is 25.8. The lowest BCUT2D eigenvalue weighted by Crippen LogP contribution is -2.32. The van der Waals surface area contributed by atoms with Gasteiger partial charge < -0.3 is 15.4 Å². The van der Waals surface area contributed by atoms with Gasteiger partial charge in [-0.05, 0) is 66.6 Å². The van der Waals surface area contributed by atoms with Crippen LogP contribution < -0.4 is 10.6 Å². The molecule has 1 atom stereocenters. The standard InChI is InChI=1S/C30H32N4O3/c1-20-9-10-25(30(36)33-26-15-16-26)18-27(20)24-13-11-23(12-14-24)21(2)37-29(34-31-3)19-32-28(35)17-22-7-5-4-6-8-22/h4-14,18,21,26H,3,15-17,19H2,1-2H3,(H,32,35)(H,33,36)/b34-29-. The molecular formula is C30H32N4O3. The van der Waals surface area contributed by atoms with Gasteiger partial charge in [0, 0.05) is 18.3 Å². The molecule has 0 radical (unpaired) electrons. The highest BCUT2D eigenvalue weighted by atomic mass is 16.5. The minimum Gasteiger partial charge on any atom is -0.470 e. The van der Waals surface area contributed by atoms with E-state index in [0.717, 1.165) is 40.7 Å². The molecule has 1 aliphatic rings. The van der Waals surface area contributed by atoms with Gasteiger partial charge in [-0.15, -0.1) is 5.10 Å². The second-order valence-corrected chi connectivity index (χ2v) is 9.23. The predicted molar refractivity (Wildman–Crippen MR) is 147 cm³/mol. The fourth-order valence-electron chi connectivity index (χ4n) is 3.97. The topological polar surface area (TPSA) is 92.2 Å². The van der Waals surface area contributed by atoms with Crippen molar-refractivity contribution in [2.45, 2.75) is 45.3 Å². The molecule has 0 aromatic heterocycles. The minimum atomic E-state index is -0.322. The summed E-state index contributed by atoms with van der Waals surface area (Å²) in [5, 5.41) is 13.4. The third-order valence-electron chi connectivity index (χ3n) is 6.24. The highest BCUT2D eigenvalue weighted by molar-refractivity contribution is 5.96. The van der Waals surface area contributed by atoms with Crippen molar-refractivity contribution >= 4 is 24.4 Å². The molecule has 1 saturated carbocycles. The Morgan fingerprint density at radius 3 is 2.46 bits per heavy atom. The molecule has 3 aromatic carbocycles. The second kappa shape index (κ2) is 12.1. The fraction of sp³-hybridized carbons (Fsp3) is 0.267. The number of aryl methyl sites for hydroxylation is 1. The lowest BCUT2D eigenvalue weighted by atomic mass is 9.96. The van der Waals surface area contributed by atoms with Gasteiger partial charge in [-0.25, -0.2) is 0 Å². The normalized spacial score (nSPS) is 13.9. The molecule has 1 fully saturated rings. The number of amides is 2. The third-order valence-corrected chi connectivity index (χ3v) is 6.24. The zero-order valence-electron chi connectivity index (χ0n) is 21.2. The molecule has 7 heteroatoms. The lowest BCUT2D eigenvalue weighted by Gasteiger charge is -2.17. The number of rotatable bonds is 10. The van der Waals surface area contributed by atoms with E-state index in [9.17, 15) is 9.59 Å². The van der Waals surface area contributed by atoms with Crippen molar-refractivity contribution in [3.05, 3.63) is 95.1 Å². The van der Waals surface area contributed by atoms with Gasteiger partial charge in [0.05, 0.1) is 13.0 Å². The van der Waals surface area contributed by atoms with Crippen LogP contribution in [0.15, 0.2) is 83.0 Å². The van der Waals surface area contributed by atoms with E-state index in [1.54, 1.807) is 0 Å². The van der Waals surface area contributed by atoms with Crippen molar-refractivity contribution in [1.82, 2.24) is 10.6 Å². The average molecular weight is 497 g/mol. The molecule has 37 heavy (non-hydrogen) atoms.